The van der Waals surface area contributed by atoms with Crippen LogP contribution in [0.1, 0.15) is 50.5 Å². The van der Waals surface area contributed by atoms with Crippen molar-refractivity contribution in [1.82, 2.24) is 5.32 Å². The van der Waals surface area contributed by atoms with Gasteiger partial charge in [-0.25, -0.2) is 4.79 Å². The molecule has 0 radical (unpaired) electrons. The molecule has 0 bridgehead atoms. The second-order valence-electron chi connectivity index (χ2n) is 8.23. The Morgan fingerprint density at radius 3 is 2.81 bits per heavy atom. The van der Waals surface area contributed by atoms with E-state index in [0.29, 0.717) is 52.0 Å². The summed E-state index contributed by atoms with van der Waals surface area (Å²) in [4.78, 5) is 26.3. The zero-order valence-electron chi connectivity index (χ0n) is 17.3. The number of esters is 1. The van der Waals surface area contributed by atoms with Gasteiger partial charge in [0.25, 0.3) is 0 Å². The van der Waals surface area contributed by atoms with E-state index < -0.39 is 11.9 Å². The number of ketones is 1. The fraction of sp³-hybridized carbons (Fsp3) is 0.478. The van der Waals surface area contributed by atoms with E-state index >= 15 is 0 Å². The van der Waals surface area contributed by atoms with Crippen molar-refractivity contribution in [2.75, 3.05) is 20.0 Å². The van der Waals surface area contributed by atoms with Gasteiger partial charge in [-0.3, -0.25) is 4.79 Å². The largest absolute Gasteiger partial charge is 0.459 e. The minimum Gasteiger partial charge on any atom is -0.459 e. The van der Waals surface area contributed by atoms with Crippen molar-refractivity contribution in [3.63, 3.8) is 0 Å². The average Bonchev–Trinajstić information content (AvgIpc) is 3.42. The summed E-state index contributed by atoms with van der Waals surface area (Å²) in [6.07, 6.45) is 3.71. The van der Waals surface area contributed by atoms with Crippen molar-refractivity contribution in [3.8, 4) is 11.5 Å². The SMILES string of the molecule is CC1=C(C(=O)OC[C@H]2CCCO2)[C@H](c2cc3c(cc2Cl)OCO3)C2=C(CCCC2=O)N1. The van der Waals surface area contributed by atoms with Crippen LogP contribution in [0, 0.1) is 0 Å². The minimum absolute atomic E-state index is 0.0180. The molecule has 1 aromatic rings. The van der Waals surface area contributed by atoms with Gasteiger partial charge in [-0.1, -0.05) is 11.6 Å². The number of rotatable bonds is 4. The van der Waals surface area contributed by atoms with Crippen LogP contribution in [0.4, 0.5) is 0 Å². The summed E-state index contributed by atoms with van der Waals surface area (Å²) in [6.45, 7) is 2.82. The zero-order chi connectivity index (χ0) is 21.5. The van der Waals surface area contributed by atoms with Crippen LogP contribution in [0.2, 0.25) is 5.02 Å². The number of ether oxygens (including phenoxy) is 4. The third kappa shape index (κ3) is 3.70. The van der Waals surface area contributed by atoms with E-state index in [0.717, 1.165) is 31.4 Å². The fourth-order valence-electron chi connectivity index (χ4n) is 4.74. The summed E-state index contributed by atoms with van der Waals surface area (Å²) >= 11 is 6.63. The highest BCUT2D eigenvalue weighted by Crippen LogP contribution is 2.48. The number of allylic oxidation sites excluding steroid dienone is 3. The Morgan fingerprint density at radius 1 is 1.23 bits per heavy atom. The van der Waals surface area contributed by atoms with Gasteiger partial charge in [0, 0.05) is 47.0 Å². The zero-order valence-corrected chi connectivity index (χ0v) is 18.0. The maximum atomic E-state index is 13.3. The first-order chi connectivity index (χ1) is 15.0. The monoisotopic (exact) mass is 445 g/mol. The maximum absolute atomic E-state index is 13.3. The molecule has 8 heteroatoms. The second kappa shape index (κ2) is 8.20. The highest BCUT2D eigenvalue weighted by molar-refractivity contribution is 6.32. The fourth-order valence-corrected chi connectivity index (χ4v) is 5.00. The molecule has 4 aliphatic rings. The summed E-state index contributed by atoms with van der Waals surface area (Å²) in [6, 6.07) is 3.45. The number of Topliss-reactive ketones (excluding diaryl/α,β-unsaturated/α-hetero) is 1. The van der Waals surface area contributed by atoms with Crippen LogP contribution in [0.3, 0.4) is 0 Å². The number of benzene rings is 1. The molecule has 3 heterocycles. The molecule has 1 aliphatic carbocycles. The van der Waals surface area contributed by atoms with E-state index in [4.69, 9.17) is 30.5 Å². The normalized spacial score (nSPS) is 24.9. The van der Waals surface area contributed by atoms with Gasteiger partial charge in [0.1, 0.15) is 6.61 Å². The third-order valence-corrected chi connectivity index (χ3v) is 6.55. The lowest BCUT2D eigenvalue weighted by Gasteiger charge is -2.34. The second-order valence-corrected chi connectivity index (χ2v) is 8.63. The number of dihydropyridines is 1. The lowest BCUT2D eigenvalue weighted by Crippen LogP contribution is -2.35. The molecule has 164 valence electrons. The molecule has 0 unspecified atom stereocenters. The summed E-state index contributed by atoms with van der Waals surface area (Å²) in [5, 5.41) is 3.70. The minimum atomic E-state index is -0.622. The van der Waals surface area contributed by atoms with Gasteiger partial charge in [-0.15, -0.1) is 0 Å². The van der Waals surface area contributed by atoms with E-state index in [1.807, 2.05) is 6.92 Å². The number of fused-ring (bicyclic) bond motifs is 1. The molecule has 0 aromatic heterocycles. The number of halogens is 1. The number of nitrogens with one attached hydrogen (secondary N) is 1. The number of carbonyl (C=O) groups is 2. The van der Waals surface area contributed by atoms with Crippen LogP contribution in [0.25, 0.3) is 0 Å². The standard InChI is InChI=1S/C23H24ClNO6/c1-12-20(23(27)29-10-13-4-3-7-28-13)21(22-16(25-12)5-2-6-17(22)26)14-8-18-19(9-15(14)24)31-11-30-18/h8-9,13,21,25H,2-7,10-11H2,1H3/t13-,21+/m1/s1. The molecular formula is C23H24ClNO6. The Kier molecular flexibility index (Phi) is 5.40. The first kappa shape index (κ1) is 20.4. The van der Waals surface area contributed by atoms with E-state index in [1.165, 1.54) is 0 Å². The van der Waals surface area contributed by atoms with Gasteiger partial charge in [0.15, 0.2) is 17.3 Å². The Morgan fingerprint density at radius 2 is 2.03 bits per heavy atom. The van der Waals surface area contributed by atoms with Crippen molar-refractivity contribution in [2.45, 2.75) is 51.0 Å². The first-order valence-corrected chi connectivity index (χ1v) is 11.0. The molecule has 1 fully saturated rings. The summed E-state index contributed by atoms with van der Waals surface area (Å²) in [5.41, 5.74) is 3.14. The van der Waals surface area contributed by atoms with E-state index in [9.17, 15) is 9.59 Å². The molecule has 0 amide bonds. The molecule has 1 aromatic carbocycles. The highest BCUT2D eigenvalue weighted by atomic mass is 35.5. The van der Waals surface area contributed by atoms with Crippen LogP contribution in [-0.4, -0.2) is 37.9 Å². The number of carbonyl (C=O) groups excluding carboxylic acids is 2. The van der Waals surface area contributed by atoms with Gasteiger partial charge < -0.3 is 24.3 Å². The maximum Gasteiger partial charge on any atom is 0.336 e. The first-order valence-electron chi connectivity index (χ1n) is 10.6. The summed E-state index contributed by atoms with van der Waals surface area (Å²) in [5.74, 6) is 0.0275. The molecule has 1 N–H and O–H groups in total. The molecular weight excluding hydrogens is 422 g/mol. The van der Waals surface area contributed by atoms with E-state index in [1.54, 1.807) is 12.1 Å². The van der Waals surface area contributed by atoms with Crippen LogP contribution >= 0.6 is 11.6 Å². The van der Waals surface area contributed by atoms with Gasteiger partial charge in [-0.2, -0.15) is 0 Å². The average molecular weight is 446 g/mol. The molecule has 1 saturated heterocycles. The smallest absolute Gasteiger partial charge is 0.336 e. The van der Waals surface area contributed by atoms with Crippen LogP contribution < -0.4 is 14.8 Å². The lowest BCUT2D eigenvalue weighted by molar-refractivity contribution is -0.142. The topological polar surface area (TPSA) is 83.1 Å². The molecule has 0 saturated carbocycles. The molecule has 3 aliphatic heterocycles. The third-order valence-electron chi connectivity index (χ3n) is 6.22. The quantitative estimate of drug-likeness (QED) is 0.706. The summed E-state index contributed by atoms with van der Waals surface area (Å²) in [7, 11) is 0. The Hall–Kier alpha value is -2.51. The van der Waals surface area contributed by atoms with Crippen molar-refractivity contribution >= 4 is 23.4 Å². The Bertz CT molecular complexity index is 1010. The van der Waals surface area contributed by atoms with Crippen LogP contribution in [0.15, 0.2) is 34.7 Å². The molecule has 31 heavy (non-hydrogen) atoms. The van der Waals surface area contributed by atoms with Crippen LogP contribution in [-0.2, 0) is 19.1 Å². The highest BCUT2D eigenvalue weighted by Gasteiger charge is 2.41. The van der Waals surface area contributed by atoms with E-state index in [2.05, 4.69) is 5.32 Å². The van der Waals surface area contributed by atoms with Crippen molar-refractivity contribution in [3.05, 3.63) is 45.3 Å². The molecule has 7 nitrogen and oxygen atoms in total. The molecule has 5 rings (SSSR count). The predicted molar refractivity (Wildman–Crippen MR) is 112 cm³/mol. The summed E-state index contributed by atoms with van der Waals surface area (Å²) < 4.78 is 22.2. The van der Waals surface area contributed by atoms with E-state index in [-0.39, 0.29) is 25.3 Å². The lowest BCUT2D eigenvalue weighted by atomic mass is 9.75. The Balaban J connectivity index is 1.55. The number of hydrogen-bond acceptors (Lipinski definition) is 7. The number of hydrogen-bond donors (Lipinski definition) is 1. The van der Waals surface area contributed by atoms with Gasteiger partial charge >= 0.3 is 5.97 Å². The Labute approximate surface area is 185 Å². The van der Waals surface area contributed by atoms with Gasteiger partial charge in [0.05, 0.1) is 11.7 Å². The predicted octanol–water partition coefficient (Wildman–Crippen LogP) is 3.76. The van der Waals surface area contributed by atoms with Crippen molar-refractivity contribution in [2.24, 2.45) is 0 Å². The van der Waals surface area contributed by atoms with Crippen molar-refractivity contribution in [1.29, 1.82) is 0 Å². The van der Waals surface area contributed by atoms with Gasteiger partial charge in [-0.05, 0) is 44.2 Å². The molecule has 0 spiro atoms. The van der Waals surface area contributed by atoms with Gasteiger partial charge in [0.2, 0.25) is 6.79 Å². The van der Waals surface area contributed by atoms with Crippen LogP contribution in [0.5, 0.6) is 11.5 Å². The molecule has 2 atom stereocenters. The van der Waals surface area contributed by atoms with Crippen molar-refractivity contribution < 1.29 is 28.5 Å².